The molecule has 4 N–H and O–H groups in total. The van der Waals surface area contributed by atoms with Crippen molar-refractivity contribution in [2.45, 2.75) is 55.8 Å². The predicted octanol–water partition coefficient (Wildman–Crippen LogP) is 4.76. The summed E-state index contributed by atoms with van der Waals surface area (Å²) in [6.45, 7) is 0.992. The highest BCUT2D eigenvalue weighted by molar-refractivity contribution is 6.00. The highest BCUT2D eigenvalue weighted by Gasteiger charge is 2.50. The van der Waals surface area contributed by atoms with Crippen LogP contribution in [-0.4, -0.2) is 51.9 Å². The first kappa shape index (κ1) is 30.9. The molecule has 0 unspecified atom stereocenters. The second kappa shape index (κ2) is 10.7. The van der Waals surface area contributed by atoms with Gasteiger partial charge in [-0.1, -0.05) is 0 Å². The third kappa shape index (κ3) is 5.24. The molecule has 2 fully saturated rings. The summed E-state index contributed by atoms with van der Waals surface area (Å²) in [5.74, 6) is -2.68. The number of carbonyl (C=O) groups excluding carboxylic acids is 2. The Hall–Kier alpha value is -4.72. The fraction of sp³-hybridized carbons (Fsp3) is 0.394. The first-order valence-corrected chi connectivity index (χ1v) is 15.2. The first-order chi connectivity index (χ1) is 22.2. The Kier molecular flexibility index (Phi) is 7.01. The van der Waals surface area contributed by atoms with Crippen molar-refractivity contribution >= 4 is 22.7 Å². The number of halogens is 4. The number of aromatic nitrogens is 3. The standard InChI is InChI=1S/C33H31F4N5O5/c1-31(30(38)44)15-47-28-22(31)12-25(40-27(28)16-3-8-23(34)21(10-16)33(35,36)37)32(45,19-4-5-19)14-39-29(43)17-9-18-13-42(20-6-7-20)41-26(18)24(11-17)46-2/h3,8-13,19-20,45H,4-7,14-15H2,1-2H3,(H2,38,44)(H,39,43)/t31-,32+/m0/s1. The monoisotopic (exact) mass is 653 g/mol. The van der Waals surface area contributed by atoms with Crippen LogP contribution in [0.15, 0.2) is 42.6 Å². The highest BCUT2D eigenvalue weighted by atomic mass is 19.4. The van der Waals surface area contributed by atoms with Crippen LogP contribution in [0.25, 0.3) is 22.2 Å². The average Bonchev–Trinajstić information content (AvgIpc) is 3.98. The van der Waals surface area contributed by atoms with Gasteiger partial charge in [0.05, 0.1) is 31.0 Å². The zero-order valence-corrected chi connectivity index (χ0v) is 25.4. The molecule has 3 heterocycles. The Morgan fingerprint density at radius 2 is 1.91 bits per heavy atom. The van der Waals surface area contributed by atoms with Gasteiger partial charge in [-0.25, -0.2) is 9.37 Å². The molecule has 0 spiro atoms. The van der Waals surface area contributed by atoms with Crippen LogP contribution in [0.3, 0.4) is 0 Å². The summed E-state index contributed by atoms with van der Waals surface area (Å²) in [7, 11) is 1.48. The molecule has 10 nitrogen and oxygen atoms in total. The van der Waals surface area contributed by atoms with E-state index < -0.39 is 40.4 Å². The van der Waals surface area contributed by atoms with Crippen molar-refractivity contribution in [2.24, 2.45) is 11.7 Å². The number of amides is 2. The van der Waals surface area contributed by atoms with Gasteiger partial charge >= 0.3 is 6.18 Å². The minimum atomic E-state index is -5.00. The van der Waals surface area contributed by atoms with Crippen molar-refractivity contribution in [3.05, 3.63) is 70.8 Å². The number of benzene rings is 2. The number of aliphatic hydroxyl groups is 1. The third-order valence-electron chi connectivity index (χ3n) is 9.37. The third-order valence-corrected chi connectivity index (χ3v) is 9.37. The minimum Gasteiger partial charge on any atom is -0.494 e. The van der Waals surface area contributed by atoms with Crippen molar-refractivity contribution in [2.75, 3.05) is 20.3 Å². The van der Waals surface area contributed by atoms with Gasteiger partial charge < -0.3 is 25.6 Å². The van der Waals surface area contributed by atoms with Crippen LogP contribution in [0.5, 0.6) is 11.5 Å². The summed E-state index contributed by atoms with van der Waals surface area (Å²) < 4.78 is 68.4. The SMILES string of the molecule is COc1cc(C(=O)NC[C@](O)(c2cc3c(c(-c4ccc(F)c(C(F)(F)F)c4)n2)OC[C@]3(C)C(N)=O)C2CC2)cc2cn(C3CC3)nc12. The Labute approximate surface area is 265 Å². The van der Waals surface area contributed by atoms with E-state index in [2.05, 4.69) is 15.4 Å². The summed E-state index contributed by atoms with van der Waals surface area (Å²) in [6, 6.07) is 7.42. The molecule has 47 heavy (non-hydrogen) atoms. The van der Waals surface area contributed by atoms with Gasteiger partial charge in [-0.05, 0) is 74.9 Å². The summed E-state index contributed by atoms with van der Waals surface area (Å²) >= 11 is 0. The number of carbonyl (C=O) groups is 2. The van der Waals surface area contributed by atoms with E-state index in [0.717, 1.165) is 18.9 Å². The summed E-state index contributed by atoms with van der Waals surface area (Å²) in [4.78, 5) is 30.7. The lowest BCUT2D eigenvalue weighted by atomic mass is 9.81. The van der Waals surface area contributed by atoms with Gasteiger partial charge in [-0.3, -0.25) is 14.3 Å². The number of nitrogens with two attached hydrogens (primary N) is 1. The lowest BCUT2D eigenvalue weighted by Crippen LogP contribution is -2.44. The zero-order valence-electron chi connectivity index (χ0n) is 25.4. The Bertz CT molecular complexity index is 1950. The first-order valence-electron chi connectivity index (χ1n) is 15.2. The largest absolute Gasteiger partial charge is 0.494 e. The van der Waals surface area contributed by atoms with Crippen LogP contribution in [0.4, 0.5) is 17.6 Å². The number of rotatable bonds is 9. The minimum absolute atomic E-state index is 0.00338. The number of ether oxygens (including phenoxy) is 2. The Morgan fingerprint density at radius 1 is 1.17 bits per heavy atom. The van der Waals surface area contributed by atoms with Gasteiger partial charge in [0.2, 0.25) is 5.91 Å². The lowest BCUT2D eigenvalue weighted by Gasteiger charge is -2.30. The molecule has 3 aliphatic rings. The maximum atomic E-state index is 14.2. The second-order valence-corrected chi connectivity index (χ2v) is 12.7. The lowest BCUT2D eigenvalue weighted by molar-refractivity contribution is -0.140. The molecule has 4 aromatic rings. The smallest absolute Gasteiger partial charge is 0.419 e. The van der Waals surface area contributed by atoms with Gasteiger partial charge in [-0.2, -0.15) is 18.3 Å². The number of fused-ring (bicyclic) bond motifs is 2. The normalized spacial score (nSPS) is 20.4. The van der Waals surface area contributed by atoms with Crippen molar-refractivity contribution in [1.29, 1.82) is 0 Å². The van der Waals surface area contributed by atoms with Crippen LogP contribution in [-0.2, 0) is 22.0 Å². The van der Waals surface area contributed by atoms with E-state index >= 15 is 0 Å². The highest BCUT2D eigenvalue weighted by Crippen LogP contribution is 2.50. The van der Waals surface area contributed by atoms with Crippen LogP contribution >= 0.6 is 0 Å². The maximum absolute atomic E-state index is 14.2. The van der Waals surface area contributed by atoms with E-state index in [1.165, 1.54) is 20.1 Å². The van der Waals surface area contributed by atoms with E-state index in [9.17, 15) is 32.3 Å². The molecule has 2 saturated carbocycles. The molecule has 2 aliphatic carbocycles. The molecule has 2 amide bonds. The molecule has 0 radical (unpaired) electrons. The van der Waals surface area contributed by atoms with Gasteiger partial charge in [0.25, 0.3) is 5.91 Å². The van der Waals surface area contributed by atoms with Crippen molar-refractivity contribution in [1.82, 2.24) is 20.1 Å². The van der Waals surface area contributed by atoms with E-state index in [-0.39, 0.29) is 52.9 Å². The molecule has 2 aromatic carbocycles. The number of hydrogen-bond donors (Lipinski definition) is 3. The van der Waals surface area contributed by atoms with E-state index in [4.69, 9.17) is 15.2 Å². The van der Waals surface area contributed by atoms with Crippen LogP contribution < -0.4 is 20.5 Å². The number of methoxy groups -OCH3 is 1. The topological polar surface area (TPSA) is 142 Å². The molecule has 0 saturated heterocycles. The molecule has 2 atom stereocenters. The fourth-order valence-corrected chi connectivity index (χ4v) is 6.15. The molecule has 0 bridgehead atoms. The average molecular weight is 654 g/mol. The molecule has 2 aromatic heterocycles. The predicted molar refractivity (Wildman–Crippen MR) is 160 cm³/mol. The number of alkyl halides is 3. The number of nitrogens with one attached hydrogen (secondary N) is 1. The molecular formula is C33H31F4N5O5. The quantitative estimate of drug-likeness (QED) is 0.221. The number of hydrogen-bond acceptors (Lipinski definition) is 7. The van der Waals surface area contributed by atoms with Crippen molar-refractivity contribution in [3.8, 4) is 22.8 Å². The number of primary amides is 1. The van der Waals surface area contributed by atoms with Gasteiger partial charge in [0.15, 0.2) is 0 Å². The zero-order chi connectivity index (χ0) is 33.5. The Morgan fingerprint density at radius 3 is 2.55 bits per heavy atom. The second-order valence-electron chi connectivity index (χ2n) is 12.7. The van der Waals surface area contributed by atoms with E-state index in [1.54, 1.807) is 12.1 Å². The van der Waals surface area contributed by atoms with Crippen LogP contribution in [0, 0.1) is 11.7 Å². The fourth-order valence-electron chi connectivity index (χ4n) is 6.15. The van der Waals surface area contributed by atoms with Gasteiger partial charge in [-0.15, -0.1) is 0 Å². The number of nitrogens with zero attached hydrogens (tertiary/aromatic N) is 3. The summed E-state index contributed by atoms with van der Waals surface area (Å²) in [5.41, 5.74) is 1.89. The molecule has 246 valence electrons. The molecule has 7 rings (SSSR count). The van der Waals surface area contributed by atoms with Gasteiger partial charge in [0, 0.05) is 28.3 Å². The molecule has 14 heteroatoms. The molecule has 1 aliphatic heterocycles. The maximum Gasteiger partial charge on any atom is 0.419 e. The van der Waals surface area contributed by atoms with Crippen molar-refractivity contribution < 1.29 is 41.7 Å². The molecular weight excluding hydrogens is 622 g/mol. The van der Waals surface area contributed by atoms with E-state index in [1.807, 2.05) is 10.9 Å². The van der Waals surface area contributed by atoms with E-state index in [0.29, 0.717) is 47.7 Å². The van der Waals surface area contributed by atoms with Crippen LogP contribution in [0.1, 0.15) is 65.8 Å². The van der Waals surface area contributed by atoms with Crippen LogP contribution in [0.2, 0.25) is 0 Å². The van der Waals surface area contributed by atoms with Gasteiger partial charge in [0.1, 0.15) is 46.1 Å². The number of pyridine rings is 1. The summed E-state index contributed by atoms with van der Waals surface area (Å²) in [5, 5.41) is 20.3. The summed E-state index contributed by atoms with van der Waals surface area (Å²) in [6.07, 6.45) is 0.0808. The Balaban J connectivity index is 1.28. The van der Waals surface area contributed by atoms with Crippen molar-refractivity contribution in [3.63, 3.8) is 0 Å².